The van der Waals surface area contributed by atoms with Crippen molar-refractivity contribution >= 4 is 11.8 Å². The molecule has 14 heavy (non-hydrogen) atoms. The van der Waals surface area contributed by atoms with Gasteiger partial charge in [-0.3, -0.25) is 0 Å². The van der Waals surface area contributed by atoms with Gasteiger partial charge < -0.3 is 10.0 Å². The molecule has 0 atom stereocenters. The predicted octanol–water partition coefficient (Wildman–Crippen LogP) is 1.40. The van der Waals surface area contributed by atoms with Crippen LogP contribution in [-0.2, 0) is 0 Å². The molecule has 0 aliphatic rings. The topological polar surface area (TPSA) is 53.4 Å². The lowest BCUT2D eigenvalue weighted by atomic mass is 10.3. The molecule has 0 spiro atoms. The Bertz CT molecular complexity index is 350. The number of nitrogens with zero attached hydrogens (tertiary/aromatic N) is 2. The van der Waals surface area contributed by atoms with E-state index in [-0.39, 0.29) is 5.69 Å². The number of carbonyl (C=O) groups is 1. The van der Waals surface area contributed by atoms with Crippen molar-refractivity contribution in [3.63, 3.8) is 0 Å². The summed E-state index contributed by atoms with van der Waals surface area (Å²) < 4.78 is 0. The molecule has 0 saturated heterocycles. The highest BCUT2D eigenvalue weighted by Gasteiger charge is 2.06. The Balaban J connectivity index is 2.93. The summed E-state index contributed by atoms with van der Waals surface area (Å²) in [6, 6.07) is 4.90. The van der Waals surface area contributed by atoms with E-state index in [2.05, 4.69) is 11.6 Å². The van der Waals surface area contributed by atoms with Gasteiger partial charge >= 0.3 is 5.97 Å². The number of aromatic carboxylic acids is 1. The lowest BCUT2D eigenvalue weighted by molar-refractivity contribution is 0.0690. The highest BCUT2D eigenvalue weighted by molar-refractivity contribution is 5.85. The molecule has 0 bridgehead atoms. The first-order chi connectivity index (χ1) is 6.65. The van der Waals surface area contributed by atoms with Crippen molar-refractivity contribution < 1.29 is 9.90 Å². The van der Waals surface area contributed by atoms with Crippen LogP contribution in [0.5, 0.6) is 0 Å². The van der Waals surface area contributed by atoms with Crippen LogP contribution >= 0.6 is 0 Å². The number of rotatable bonds is 4. The zero-order valence-electron chi connectivity index (χ0n) is 7.97. The lowest BCUT2D eigenvalue weighted by Crippen LogP contribution is -2.18. The minimum absolute atomic E-state index is 0.0541. The van der Waals surface area contributed by atoms with Gasteiger partial charge in [0, 0.05) is 13.6 Å². The van der Waals surface area contributed by atoms with Crippen LogP contribution in [0.3, 0.4) is 0 Å². The predicted molar refractivity (Wildman–Crippen MR) is 54.7 cm³/mol. The van der Waals surface area contributed by atoms with Gasteiger partial charge in [0.1, 0.15) is 5.82 Å². The third-order valence-electron chi connectivity index (χ3n) is 1.75. The highest BCUT2D eigenvalue weighted by atomic mass is 16.4. The average molecular weight is 192 g/mol. The first kappa shape index (κ1) is 10.2. The molecule has 1 heterocycles. The zero-order valence-corrected chi connectivity index (χ0v) is 7.97. The summed E-state index contributed by atoms with van der Waals surface area (Å²) in [5.41, 5.74) is 0.0541. The van der Waals surface area contributed by atoms with Crippen molar-refractivity contribution in [2.45, 2.75) is 0 Å². The average Bonchev–Trinajstić information content (AvgIpc) is 2.18. The summed E-state index contributed by atoms with van der Waals surface area (Å²) in [7, 11) is 1.83. The molecule has 4 nitrogen and oxygen atoms in total. The van der Waals surface area contributed by atoms with Crippen molar-refractivity contribution in [1.29, 1.82) is 0 Å². The molecule has 0 aliphatic heterocycles. The second-order valence-corrected chi connectivity index (χ2v) is 2.86. The molecule has 4 heteroatoms. The van der Waals surface area contributed by atoms with E-state index in [1.165, 1.54) is 6.07 Å². The lowest BCUT2D eigenvalue weighted by Gasteiger charge is -2.15. The summed E-state index contributed by atoms with van der Waals surface area (Å²) in [6.07, 6.45) is 1.73. The maximum absolute atomic E-state index is 10.6. The molecule has 1 N–H and O–H groups in total. The Kier molecular flexibility index (Phi) is 3.23. The number of likely N-dealkylation sites (N-methyl/N-ethyl adjacent to an activating group) is 1. The SMILES string of the molecule is C=CCN(C)c1cccc(C(=O)O)n1. The number of aromatic nitrogens is 1. The van der Waals surface area contributed by atoms with Crippen molar-refractivity contribution in [2.75, 3.05) is 18.5 Å². The van der Waals surface area contributed by atoms with E-state index in [0.29, 0.717) is 12.4 Å². The second-order valence-electron chi connectivity index (χ2n) is 2.86. The van der Waals surface area contributed by atoms with Gasteiger partial charge in [0.2, 0.25) is 0 Å². The molecule has 1 rings (SSSR count). The largest absolute Gasteiger partial charge is 0.477 e. The molecule has 1 aromatic heterocycles. The first-order valence-corrected chi connectivity index (χ1v) is 4.17. The Hall–Kier alpha value is -1.84. The van der Waals surface area contributed by atoms with Gasteiger partial charge in [-0.2, -0.15) is 0 Å². The number of anilines is 1. The normalized spacial score (nSPS) is 9.50. The summed E-state index contributed by atoms with van der Waals surface area (Å²) in [4.78, 5) is 16.4. The van der Waals surface area contributed by atoms with Gasteiger partial charge in [-0.15, -0.1) is 6.58 Å². The number of hydrogen-bond acceptors (Lipinski definition) is 3. The van der Waals surface area contributed by atoms with Crippen LogP contribution in [0.1, 0.15) is 10.5 Å². The van der Waals surface area contributed by atoms with Gasteiger partial charge in [0.15, 0.2) is 5.69 Å². The maximum atomic E-state index is 10.6. The monoisotopic (exact) mass is 192 g/mol. The molecule has 0 aliphatic carbocycles. The van der Waals surface area contributed by atoms with Crippen molar-refractivity contribution in [3.05, 3.63) is 36.5 Å². The van der Waals surface area contributed by atoms with Crippen LogP contribution in [0.15, 0.2) is 30.9 Å². The molecule has 1 aromatic rings. The summed E-state index contributed by atoms with van der Waals surface area (Å²) >= 11 is 0. The molecule has 0 amide bonds. The fourth-order valence-electron chi connectivity index (χ4n) is 1.04. The van der Waals surface area contributed by atoms with Crippen LogP contribution in [-0.4, -0.2) is 29.7 Å². The van der Waals surface area contributed by atoms with Gasteiger partial charge in [0.25, 0.3) is 0 Å². The number of pyridine rings is 1. The van der Waals surface area contributed by atoms with Gasteiger partial charge in [-0.1, -0.05) is 12.1 Å². The summed E-state index contributed by atoms with van der Waals surface area (Å²) in [5.74, 6) is -0.386. The Morgan fingerprint density at radius 3 is 3.00 bits per heavy atom. The molecular weight excluding hydrogens is 180 g/mol. The number of carboxylic acids is 1. The van der Waals surface area contributed by atoms with Gasteiger partial charge in [-0.05, 0) is 12.1 Å². The maximum Gasteiger partial charge on any atom is 0.354 e. The second kappa shape index (κ2) is 4.41. The van der Waals surface area contributed by atoms with Crippen molar-refractivity contribution in [3.8, 4) is 0 Å². The summed E-state index contributed by atoms with van der Waals surface area (Å²) in [6.45, 7) is 4.23. The van der Waals surface area contributed by atoms with E-state index in [1.807, 2.05) is 11.9 Å². The number of hydrogen-bond donors (Lipinski definition) is 1. The van der Waals surface area contributed by atoms with Gasteiger partial charge in [0.05, 0.1) is 0 Å². The first-order valence-electron chi connectivity index (χ1n) is 4.17. The highest BCUT2D eigenvalue weighted by Crippen LogP contribution is 2.09. The third-order valence-corrected chi connectivity index (χ3v) is 1.75. The molecule has 0 saturated carbocycles. The molecule has 74 valence electrons. The minimum Gasteiger partial charge on any atom is -0.477 e. The minimum atomic E-state index is -1.01. The van der Waals surface area contributed by atoms with Crippen LogP contribution in [0.2, 0.25) is 0 Å². The van der Waals surface area contributed by atoms with E-state index >= 15 is 0 Å². The Morgan fingerprint density at radius 2 is 2.43 bits per heavy atom. The molecule has 0 fully saturated rings. The Labute approximate surface area is 82.5 Å². The van der Waals surface area contributed by atoms with Crippen LogP contribution in [0.25, 0.3) is 0 Å². The summed E-state index contributed by atoms with van der Waals surface area (Å²) in [5, 5.41) is 8.72. The van der Waals surface area contributed by atoms with Crippen molar-refractivity contribution in [2.24, 2.45) is 0 Å². The van der Waals surface area contributed by atoms with Crippen LogP contribution in [0, 0.1) is 0 Å². The van der Waals surface area contributed by atoms with E-state index in [0.717, 1.165) is 0 Å². The quantitative estimate of drug-likeness (QED) is 0.733. The zero-order chi connectivity index (χ0) is 10.6. The smallest absolute Gasteiger partial charge is 0.354 e. The van der Waals surface area contributed by atoms with E-state index < -0.39 is 5.97 Å². The molecular formula is C10H12N2O2. The fourth-order valence-corrected chi connectivity index (χ4v) is 1.04. The number of carboxylic acid groups (broad SMARTS) is 1. The van der Waals surface area contributed by atoms with E-state index in [9.17, 15) is 4.79 Å². The molecule has 0 aromatic carbocycles. The van der Waals surface area contributed by atoms with Crippen molar-refractivity contribution in [1.82, 2.24) is 4.98 Å². The standard InChI is InChI=1S/C10H12N2O2/c1-3-7-12(2)9-6-4-5-8(11-9)10(13)14/h3-6H,1,7H2,2H3,(H,13,14). The van der Waals surface area contributed by atoms with Gasteiger partial charge in [-0.25, -0.2) is 9.78 Å². The molecule has 0 unspecified atom stereocenters. The van der Waals surface area contributed by atoms with E-state index in [1.54, 1.807) is 18.2 Å². The van der Waals surface area contributed by atoms with Crippen LogP contribution < -0.4 is 4.90 Å². The fraction of sp³-hybridized carbons (Fsp3) is 0.200. The third kappa shape index (κ3) is 2.32. The molecule has 0 radical (unpaired) electrons. The van der Waals surface area contributed by atoms with Crippen LogP contribution in [0.4, 0.5) is 5.82 Å². The van der Waals surface area contributed by atoms with E-state index in [4.69, 9.17) is 5.11 Å². The Morgan fingerprint density at radius 1 is 1.71 bits per heavy atom.